The van der Waals surface area contributed by atoms with Gasteiger partial charge in [-0.25, -0.2) is 0 Å². The van der Waals surface area contributed by atoms with Gasteiger partial charge in [-0.2, -0.15) is 5.06 Å². The van der Waals surface area contributed by atoms with Crippen molar-refractivity contribution >= 4 is 0 Å². The van der Waals surface area contributed by atoms with Crippen LogP contribution < -0.4 is 0 Å². The van der Waals surface area contributed by atoms with Gasteiger partial charge in [-0.3, -0.25) is 4.84 Å². The Balaban J connectivity index is 2.01. The number of rotatable bonds is 0. The topological polar surface area (TPSA) is 12.5 Å². The van der Waals surface area contributed by atoms with Gasteiger partial charge >= 0.3 is 0 Å². The van der Waals surface area contributed by atoms with E-state index in [1.54, 1.807) is 0 Å². The molecule has 2 atom stereocenters. The van der Waals surface area contributed by atoms with Crippen molar-refractivity contribution in [1.82, 2.24) is 5.06 Å². The van der Waals surface area contributed by atoms with Crippen LogP contribution in [0.15, 0.2) is 0 Å². The average Bonchev–Trinajstić information content (AvgIpc) is 2.34. The highest BCUT2D eigenvalue weighted by Crippen LogP contribution is 2.32. The summed E-state index contributed by atoms with van der Waals surface area (Å²) in [6.45, 7) is 0.973. The number of hydrogen-bond donors (Lipinski definition) is 0. The number of nitrogens with zero attached hydrogens (tertiary/aromatic N) is 1. The average molecular weight is 141 g/mol. The molecule has 0 bridgehead atoms. The smallest absolute Gasteiger partial charge is 0.0729 e. The van der Waals surface area contributed by atoms with Crippen molar-refractivity contribution < 1.29 is 4.84 Å². The van der Waals surface area contributed by atoms with E-state index in [1.165, 1.54) is 25.7 Å². The first kappa shape index (κ1) is 6.62. The molecule has 1 saturated carbocycles. The van der Waals surface area contributed by atoms with Crippen LogP contribution in [0.5, 0.6) is 0 Å². The third-order valence-corrected chi connectivity index (χ3v) is 2.83. The Labute approximate surface area is 62.1 Å². The highest BCUT2D eigenvalue weighted by atomic mass is 16.7. The monoisotopic (exact) mass is 141 g/mol. The van der Waals surface area contributed by atoms with E-state index < -0.39 is 0 Å². The fourth-order valence-electron chi connectivity index (χ4n) is 2.17. The molecule has 10 heavy (non-hydrogen) atoms. The lowest BCUT2D eigenvalue weighted by atomic mass is 9.86. The Kier molecular flexibility index (Phi) is 1.66. The Morgan fingerprint density at radius 1 is 1.30 bits per heavy atom. The highest BCUT2D eigenvalue weighted by Gasteiger charge is 2.34. The van der Waals surface area contributed by atoms with Gasteiger partial charge in [0.25, 0.3) is 0 Å². The van der Waals surface area contributed by atoms with E-state index in [0.717, 1.165) is 18.6 Å². The van der Waals surface area contributed by atoms with Crippen LogP contribution in [-0.4, -0.2) is 24.8 Å². The van der Waals surface area contributed by atoms with Gasteiger partial charge in [0.05, 0.1) is 6.61 Å². The molecule has 0 amide bonds. The van der Waals surface area contributed by atoms with Gasteiger partial charge in [-0.15, -0.1) is 0 Å². The van der Waals surface area contributed by atoms with Crippen molar-refractivity contribution in [3.8, 4) is 0 Å². The molecule has 0 aromatic carbocycles. The maximum Gasteiger partial charge on any atom is 0.0729 e. The summed E-state index contributed by atoms with van der Waals surface area (Å²) < 4.78 is 0. The molecule has 1 heterocycles. The molecular weight excluding hydrogens is 126 g/mol. The summed E-state index contributed by atoms with van der Waals surface area (Å²) in [7, 11) is 2.07. The van der Waals surface area contributed by atoms with Gasteiger partial charge < -0.3 is 0 Å². The maximum absolute atomic E-state index is 5.43. The van der Waals surface area contributed by atoms with E-state index in [2.05, 4.69) is 12.1 Å². The third kappa shape index (κ3) is 0.956. The second kappa shape index (κ2) is 2.51. The standard InChI is InChI=1S/C8H15NO/c1-9-8-5-3-2-4-7(8)6-10-9/h7-8H,2-6H2,1H3/t7-,8+/m1/s1. The van der Waals surface area contributed by atoms with Crippen molar-refractivity contribution in [2.45, 2.75) is 31.7 Å². The molecule has 58 valence electrons. The van der Waals surface area contributed by atoms with Crippen molar-refractivity contribution in [2.24, 2.45) is 5.92 Å². The van der Waals surface area contributed by atoms with Crippen molar-refractivity contribution in [2.75, 3.05) is 13.7 Å². The highest BCUT2D eigenvalue weighted by molar-refractivity contribution is 4.82. The quantitative estimate of drug-likeness (QED) is 0.506. The van der Waals surface area contributed by atoms with Gasteiger partial charge in [0.2, 0.25) is 0 Å². The molecule has 0 N–H and O–H groups in total. The van der Waals surface area contributed by atoms with Crippen LogP contribution in [0.1, 0.15) is 25.7 Å². The zero-order chi connectivity index (χ0) is 6.97. The van der Waals surface area contributed by atoms with E-state index in [0.29, 0.717) is 0 Å². The number of hydroxylamine groups is 2. The van der Waals surface area contributed by atoms with E-state index in [9.17, 15) is 0 Å². The molecule has 0 spiro atoms. The molecule has 0 unspecified atom stereocenters. The van der Waals surface area contributed by atoms with Crippen LogP contribution in [0.3, 0.4) is 0 Å². The van der Waals surface area contributed by atoms with E-state index in [4.69, 9.17) is 4.84 Å². The Morgan fingerprint density at radius 2 is 2.10 bits per heavy atom. The molecule has 0 radical (unpaired) electrons. The molecule has 2 fully saturated rings. The summed E-state index contributed by atoms with van der Waals surface area (Å²) in [4.78, 5) is 5.43. The van der Waals surface area contributed by atoms with Gasteiger partial charge in [0, 0.05) is 19.0 Å². The Bertz CT molecular complexity index is 124. The third-order valence-electron chi connectivity index (χ3n) is 2.83. The molecule has 2 aliphatic rings. The number of hydrogen-bond acceptors (Lipinski definition) is 2. The summed E-state index contributed by atoms with van der Waals surface area (Å²) in [6.07, 6.45) is 5.55. The molecule has 2 nitrogen and oxygen atoms in total. The van der Waals surface area contributed by atoms with Gasteiger partial charge in [-0.05, 0) is 12.8 Å². The molecule has 0 aromatic rings. The second-order valence-electron chi connectivity index (χ2n) is 3.45. The zero-order valence-corrected chi connectivity index (χ0v) is 6.55. The molecule has 1 saturated heterocycles. The predicted octanol–water partition coefficient (Wildman–Crippen LogP) is 1.42. The first-order valence-electron chi connectivity index (χ1n) is 4.23. The van der Waals surface area contributed by atoms with Crippen LogP contribution in [-0.2, 0) is 4.84 Å². The Morgan fingerprint density at radius 3 is 2.90 bits per heavy atom. The fraction of sp³-hybridized carbons (Fsp3) is 1.00. The minimum atomic E-state index is 0.744. The maximum atomic E-state index is 5.43. The lowest BCUT2D eigenvalue weighted by molar-refractivity contribution is -0.111. The van der Waals surface area contributed by atoms with E-state index in [-0.39, 0.29) is 0 Å². The summed E-state index contributed by atoms with van der Waals surface area (Å²) in [5.74, 6) is 0.846. The zero-order valence-electron chi connectivity index (χ0n) is 6.55. The van der Waals surface area contributed by atoms with Crippen LogP contribution in [0.2, 0.25) is 0 Å². The second-order valence-corrected chi connectivity index (χ2v) is 3.45. The van der Waals surface area contributed by atoms with Gasteiger partial charge in [-0.1, -0.05) is 12.8 Å². The normalized spacial score (nSPS) is 41.7. The van der Waals surface area contributed by atoms with Crippen LogP contribution >= 0.6 is 0 Å². The van der Waals surface area contributed by atoms with Crippen molar-refractivity contribution in [1.29, 1.82) is 0 Å². The predicted molar refractivity (Wildman–Crippen MR) is 39.5 cm³/mol. The molecular formula is C8H15NO. The lowest BCUT2D eigenvalue weighted by Crippen LogP contribution is -2.31. The summed E-state index contributed by atoms with van der Waals surface area (Å²) in [5.41, 5.74) is 0. The van der Waals surface area contributed by atoms with Crippen LogP contribution in [0.25, 0.3) is 0 Å². The molecule has 2 heteroatoms. The molecule has 1 aliphatic heterocycles. The first-order valence-corrected chi connectivity index (χ1v) is 4.23. The van der Waals surface area contributed by atoms with Gasteiger partial charge in [0.1, 0.15) is 0 Å². The van der Waals surface area contributed by atoms with E-state index >= 15 is 0 Å². The molecule has 1 aliphatic carbocycles. The fourth-order valence-corrected chi connectivity index (χ4v) is 2.17. The van der Waals surface area contributed by atoms with Crippen molar-refractivity contribution in [3.05, 3.63) is 0 Å². The SMILES string of the molecule is CN1OC[C@H]2CCCC[C@@H]21. The summed E-state index contributed by atoms with van der Waals surface area (Å²) in [6, 6.07) is 0.744. The lowest BCUT2D eigenvalue weighted by Gasteiger charge is -2.26. The van der Waals surface area contributed by atoms with E-state index in [1.807, 2.05) is 0 Å². The van der Waals surface area contributed by atoms with Gasteiger partial charge in [0.15, 0.2) is 0 Å². The van der Waals surface area contributed by atoms with Crippen LogP contribution in [0, 0.1) is 5.92 Å². The first-order chi connectivity index (χ1) is 4.88. The summed E-state index contributed by atoms with van der Waals surface area (Å²) >= 11 is 0. The minimum Gasteiger partial charge on any atom is -0.299 e. The number of fused-ring (bicyclic) bond motifs is 1. The van der Waals surface area contributed by atoms with Crippen LogP contribution in [0.4, 0.5) is 0 Å². The summed E-state index contributed by atoms with van der Waals surface area (Å²) in [5, 5.41) is 2.06. The van der Waals surface area contributed by atoms with Crippen molar-refractivity contribution in [3.63, 3.8) is 0 Å². The largest absolute Gasteiger partial charge is 0.299 e. The molecule has 0 aromatic heterocycles. The minimum absolute atomic E-state index is 0.744. The molecule has 2 rings (SSSR count). The Hall–Kier alpha value is -0.0800.